The van der Waals surface area contributed by atoms with Gasteiger partial charge in [0.05, 0.1) is 0 Å². The van der Waals surface area contributed by atoms with Gasteiger partial charge >= 0.3 is 0 Å². The van der Waals surface area contributed by atoms with E-state index < -0.39 is 0 Å². The third-order valence-electron chi connectivity index (χ3n) is 2.82. The minimum Gasteiger partial charge on any atom is -0.504 e. The molecule has 2 aromatic rings. The molecule has 0 aliphatic carbocycles. The van der Waals surface area contributed by atoms with Crippen molar-refractivity contribution in [1.82, 2.24) is 0 Å². The quantitative estimate of drug-likeness (QED) is 0.792. The largest absolute Gasteiger partial charge is 0.504 e. The average Bonchev–Trinajstić information content (AvgIpc) is 2.31. The summed E-state index contributed by atoms with van der Waals surface area (Å²) in [6.07, 6.45) is 1.79. The molecule has 0 spiro atoms. The lowest BCUT2D eigenvalue weighted by molar-refractivity contribution is 0.403. The molecule has 0 heterocycles. The number of phenolic OH excluding ortho intramolecular Hbond substituents is 2. The van der Waals surface area contributed by atoms with Crippen LogP contribution in [0.4, 0.5) is 0 Å². The Balaban J connectivity index is 2.05. The van der Waals surface area contributed by atoms with Crippen molar-refractivity contribution >= 4 is 0 Å². The van der Waals surface area contributed by atoms with E-state index in [1.165, 1.54) is 17.2 Å². The lowest BCUT2D eigenvalue weighted by Crippen LogP contribution is -1.91. The summed E-state index contributed by atoms with van der Waals surface area (Å²) in [7, 11) is 0. The van der Waals surface area contributed by atoms with Crippen molar-refractivity contribution < 1.29 is 10.2 Å². The predicted octanol–water partition coefficient (Wildman–Crippen LogP) is 3.19. The molecule has 0 aliphatic rings. The smallest absolute Gasteiger partial charge is 0.157 e. The Morgan fingerprint density at radius 1 is 0.824 bits per heavy atom. The minimum absolute atomic E-state index is 0.0493. The van der Waals surface area contributed by atoms with E-state index in [0.717, 1.165) is 18.4 Å². The first kappa shape index (κ1) is 11.5. The second-order valence-corrected chi connectivity index (χ2v) is 4.31. The van der Waals surface area contributed by atoms with E-state index in [1.54, 1.807) is 6.07 Å². The first-order chi connectivity index (χ1) is 8.15. The molecule has 2 rings (SSSR count). The van der Waals surface area contributed by atoms with Gasteiger partial charge in [-0.15, -0.1) is 0 Å². The summed E-state index contributed by atoms with van der Waals surface area (Å²) in [5, 5.41) is 18.6. The van der Waals surface area contributed by atoms with Crippen molar-refractivity contribution in [2.75, 3.05) is 0 Å². The molecule has 0 saturated carbocycles. The van der Waals surface area contributed by atoms with Crippen LogP contribution in [-0.2, 0) is 12.8 Å². The lowest BCUT2D eigenvalue weighted by Gasteiger charge is -2.05. The van der Waals surface area contributed by atoms with Crippen LogP contribution in [0.25, 0.3) is 0 Å². The highest BCUT2D eigenvalue weighted by atomic mass is 16.3. The number of phenols is 2. The molecule has 0 amide bonds. The van der Waals surface area contributed by atoms with E-state index in [4.69, 9.17) is 0 Å². The fourth-order valence-corrected chi connectivity index (χ4v) is 1.88. The van der Waals surface area contributed by atoms with E-state index in [9.17, 15) is 10.2 Å². The Kier molecular flexibility index (Phi) is 3.33. The molecule has 17 heavy (non-hydrogen) atoms. The summed E-state index contributed by atoms with van der Waals surface area (Å²) < 4.78 is 0. The zero-order chi connectivity index (χ0) is 12.3. The van der Waals surface area contributed by atoms with Crippen LogP contribution < -0.4 is 0 Å². The molecular weight excluding hydrogens is 212 g/mol. The maximum absolute atomic E-state index is 9.39. The summed E-state index contributed by atoms with van der Waals surface area (Å²) in [5.74, 6) is -0.115. The molecule has 0 radical (unpaired) electrons. The van der Waals surface area contributed by atoms with Crippen molar-refractivity contribution in [3.63, 3.8) is 0 Å². The number of rotatable bonds is 3. The predicted molar refractivity (Wildman–Crippen MR) is 68.4 cm³/mol. The maximum Gasteiger partial charge on any atom is 0.157 e. The number of benzene rings is 2. The minimum atomic E-state index is -0.0655. The van der Waals surface area contributed by atoms with E-state index in [1.807, 2.05) is 6.07 Å². The zero-order valence-corrected chi connectivity index (χ0v) is 9.85. The molecule has 2 nitrogen and oxygen atoms in total. The molecule has 0 atom stereocenters. The number of hydrogen-bond acceptors (Lipinski definition) is 2. The van der Waals surface area contributed by atoms with Crippen molar-refractivity contribution in [1.29, 1.82) is 0 Å². The molecule has 0 saturated heterocycles. The molecule has 2 N–H and O–H groups in total. The molecule has 2 aromatic carbocycles. The van der Waals surface area contributed by atoms with E-state index >= 15 is 0 Å². The van der Waals surface area contributed by atoms with Crippen LogP contribution in [0.15, 0.2) is 42.5 Å². The van der Waals surface area contributed by atoms with Crippen molar-refractivity contribution in [3.8, 4) is 11.5 Å². The van der Waals surface area contributed by atoms with Gasteiger partial charge in [0.2, 0.25) is 0 Å². The summed E-state index contributed by atoms with van der Waals surface area (Å²) in [5.41, 5.74) is 3.58. The topological polar surface area (TPSA) is 40.5 Å². The second kappa shape index (κ2) is 4.91. The highest BCUT2D eigenvalue weighted by Crippen LogP contribution is 2.25. The SMILES string of the molecule is Cc1cccc(CCc2ccc(O)c(O)c2)c1. The molecule has 0 fully saturated rings. The third kappa shape index (κ3) is 3.00. The Labute approximate surface area is 101 Å². The monoisotopic (exact) mass is 228 g/mol. The Hall–Kier alpha value is -1.96. The normalized spacial score (nSPS) is 10.4. The van der Waals surface area contributed by atoms with Gasteiger partial charge in [0, 0.05) is 0 Å². The lowest BCUT2D eigenvalue weighted by atomic mass is 10.0. The highest BCUT2D eigenvalue weighted by Gasteiger charge is 2.01. The van der Waals surface area contributed by atoms with E-state index in [2.05, 4.69) is 31.2 Å². The maximum atomic E-state index is 9.39. The highest BCUT2D eigenvalue weighted by molar-refractivity contribution is 5.40. The van der Waals surface area contributed by atoms with Gasteiger partial charge in [-0.2, -0.15) is 0 Å². The van der Waals surface area contributed by atoms with Crippen molar-refractivity contribution in [2.45, 2.75) is 19.8 Å². The molecule has 2 heteroatoms. The van der Waals surface area contributed by atoms with Gasteiger partial charge in [-0.25, -0.2) is 0 Å². The first-order valence-corrected chi connectivity index (χ1v) is 5.71. The van der Waals surface area contributed by atoms with Crippen LogP contribution in [-0.4, -0.2) is 10.2 Å². The fraction of sp³-hybridized carbons (Fsp3) is 0.200. The van der Waals surface area contributed by atoms with E-state index in [-0.39, 0.29) is 11.5 Å². The summed E-state index contributed by atoms with van der Waals surface area (Å²) in [4.78, 5) is 0. The van der Waals surface area contributed by atoms with Crippen LogP contribution in [0.1, 0.15) is 16.7 Å². The summed E-state index contributed by atoms with van der Waals surface area (Å²) in [6, 6.07) is 13.4. The fourth-order valence-electron chi connectivity index (χ4n) is 1.88. The third-order valence-corrected chi connectivity index (χ3v) is 2.82. The van der Waals surface area contributed by atoms with Crippen LogP contribution in [0, 0.1) is 6.92 Å². The average molecular weight is 228 g/mol. The van der Waals surface area contributed by atoms with E-state index in [0.29, 0.717) is 0 Å². The van der Waals surface area contributed by atoms with Gasteiger partial charge in [0.25, 0.3) is 0 Å². The van der Waals surface area contributed by atoms with Crippen LogP contribution in [0.2, 0.25) is 0 Å². The summed E-state index contributed by atoms with van der Waals surface area (Å²) in [6.45, 7) is 2.08. The number of aryl methyl sites for hydroxylation is 3. The molecule has 0 aromatic heterocycles. The van der Waals surface area contributed by atoms with Crippen LogP contribution in [0.5, 0.6) is 11.5 Å². The standard InChI is InChI=1S/C15H16O2/c1-11-3-2-4-12(9-11)5-6-13-7-8-14(16)15(17)10-13/h2-4,7-10,16-17H,5-6H2,1H3. The van der Waals surface area contributed by atoms with Crippen molar-refractivity contribution in [2.24, 2.45) is 0 Å². The van der Waals surface area contributed by atoms with Gasteiger partial charge in [-0.1, -0.05) is 35.9 Å². The van der Waals surface area contributed by atoms with Gasteiger partial charge in [0.15, 0.2) is 11.5 Å². The van der Waals surface area contributed by atoms with Gasteiger partial charge in [-0.3, -0.25) is 0 Å². The molecule has 0 unspecified atom stereocenters. The van der Waals surface area contributed by atoms with Gasteiger partial charge < -0.3 is 10.2 Å². The Morgan fingerprint density at radius 2 is 1.53 bits per heavy atom. The van der Waals surface area contributed by atoms with Gasteiger partial charge in [0.1, 0.15) is 0 Å². The molecule has 0 aliphatic heterocycles. The number of hydrogen-bond donors (Lipinski definition) is 2. The van der Waals surface area contributed by atoms with Gasteiger partial charge in [-0.05, 0) is 43.0 Å². The molecule has 0 bridgehead atoms. The molecule has 88 valence electrons. The Morgan fingerprint density at radius 3 is 2.18 bits per heavy atom. The zero-order valence-electron chi connectivity index (χ0n) is 9.85. The van der Waals surface area contributed by atoms with Crippen molar-refractivity contribution in [3.05, 3.63) is 59.2 Å². The summed E-state index contributed by atoms with van der Waals surface area (Å²) >= 11 is 0. The number of aromatic hydroxyl groups is 2. The Bertz CT molecular complexity index is 518. The molecular formula is C15H16O2. The first-order valence-electron chi connectivity index (χ1n) is 5.71. The second-order valence-electron chi connectivity index (χ2n) is 4.31. The van der Waals surface area contributed by atoms with Crippen LogP contribution >= 0.6 is 0 Å². The van der Waals surface area contributed by atoms with Crippen LogP contribution in [0.3, 0.4) is 0 Å².